The van der Waals surface area contributed by atoms with E-state index in [0.29, 0.717) is 16.5 Å². The second kappa shape index (κ2) is 8.78. The van der Waals surface area contributed by atoms with Crippen LogP contribution in [-0.2, 0) is 0 Å². The topological polar surface area (TPSA) is 71.8 Å². The van der Waals surface area contributed by atoms with Crippen LogP contribution in [0.5, 0.6) is 0 Å². The fourth-order valence-electron chi connectivity index (χ4n) is 3.75. The fourth-order valence-corrected chi connectivity index (χ4v) is 4.70. The van der Waals surface area contributed by atoms with E-state index < -0.39 is 0 Å². The number of fused-ring (bicyclic) bond motifs is 1. The maximum Gasteiger partial charge on any atom is 0.258 e. The number of aromatic nitrogens is 3. The van der Waals surface area contributed by atoms with Gasteiger partial charge in [-0.25, -0.2) is 4.98 Å². The summed E-state index contributed by atoms with van der Waals surface area (Å²) in [5.41, 5.74) is 3.21. The molecule has 3 heterocycles. The molecule has 0 spiro atoms. The maximum absolute atomic E-state index is 13.0. The van der Waals surface area contributed by atoms with E-state index in [1.807, 2.05) is 24.3 Å². The standard InChI is InChI=1S/C21H25ClN5OP/c1-29(2)18-12-14(9-11-24-18)20(28)26-21-25-17-8-5-7-16(22)19(17)27(21)15-6-3-4-10-23-13-15/h5,7-9,11-12,15,23H,3-4,6,10,13H2,1-2H3,(H,25,26,28). The number of rotatable bonds is 4. The van der Waals surface area contributed by atoms with Gasteiger partial charge >= 0.3 is 0 Å². The highest BCUT2D eigenvalue weighted by Gasteiger charge is 2.23. The van der Waals surface area contributed by atoms with Gasteiger partial charge in [-0.3, -0.25) is 15.1 Å². The molecule has 2 aromatic heterocycles. The first-order valence-electron chi connectivity index (χ1n) is 9.86. The lowest BCUT2D eigenvalue weighted by atomic mass is 10.1. The molecule has 1 aromatic carbocycles. The summed E-state index contributed by atoms with van der Waals surface area (Å²) in [7, 11) is -0.374. The number of imidazole rings is 1. The summed E-state index contributed by atoms with van der Waals surface area (Å²) < 4.78 is 2.10. The average Bonchev–Trinajstić information content (AvgIpc) is 2.88. The Morgan fingerprint density at radius 1 is 1.31 bits per heavy atom. The van der Waals surface area contributed by atoms with Gasteiger partial charge in [0.1, 0.15) is 0 Å². The number of para-hydroxylation sites is 1. The first-order chi connectivity index (χ1) is 14.0. The molecule has 1 saturated heterocycles. The number of nitrogens with one attached hydrogen (secondary N) is 2. The van der Waals surface area contributed by atoms with Crippen LogP contribution in [0.25, 0.3) is 11.0 Å². The van der Waals surface area contributed by atoms with Crippen molar-refractivity contribution < 1.29 is 4.79 Å². The van der Waals surface area contributed by atoms with E-state index in [1.165, 1.54) is 0 Å². The molecule has 8 heteroatoms. The molecule has 1 atom stereocenters. The third-order valence-electron chi connectivity index (χ3n) is 5.24. The van der Waals surface area contributed by atoms with Gasteiger partial charge in [-0.05, 0) is 57.0 Å². The molecular formula is C21H25ClN5OP. The molecule has 1 amide bonds. The van der Waals surface area contributed by atoms with Crippen molar-refractivity contribution in [1.82, 2.24) is 19.9 Å². The Hall–Kier alpha value is -2.01. The van der Waals surface area contributed by atoms with Gasteiger partial charge in [-0.15, -0.1) is 0 Å². The van der Waals surface area contributed by atoms with Gasteiger partial charge in [0.25, 0.3) is 5.91 Å². The molecule has 1 unspecified atom stereocenters. The lowest BCUT2D eigenvalue weighted by molar-refractivity contribution is 0.102. The molecule has 1 aliphatic heterocycles. The lowest BCUT2D eigenvalue weighted by Crippen LogP contribution is -2.26. The zero-order chi connectivity index (χ0) is 20.4. The Morgan fingerprint density at radius 3 is 3.00 bits per heavy atom. The normalized spacial score (nSPS) is 17.4. The van der Waals surface area contributed by atoms with Crippen molar-refractivity contribution in [3.63, 3.8) is 0 Å². The minimum atomic E-state index is -0.374. The highest BCUT2D eigenvalue weighted by molar-refractivity contribution is 7.63. The van der Waals surface area contributed by atoms with Crippen LogP contribution in [0.3, 0.4) is 0 Å². The molecule has 4 rings (SSSR count). The Kier molecular flexibility index (Phi) is 6.14. The van der Waals surface area contributed by atoms with Crippen LogP contribution in [0.2, 0.25) is 5.02 Å². The first-order valence-corrected chi connectivity index (χ1v) is 12.5. The second-order valence-electron chi connectivity index (χ2n) is 7.52. The molecular weight excluding hydrogens is 405 g/mol. The summed E-state index contributed by atoms with van der Waals surface area (Å²) in [6.07, 6.45) is 4.98. The van der Waals surface area contributed by atoms with Crippen LogP contribution >= 0.6 is 19.5 Å². The summed E-state index contributed by atoms with van der Waals surface area (Å²) in [4.78, 5) is 22.1. The summed E-state index contributed by atoms with van der Waals surface area (Å²) in [5, 5.41) is 7.17. The lowest BCUT2D eigenvalue weighted by Gasteiger charge is -2.20. The van der Waals surface area contributed by atoms with Crippen molar-refractivity contribution in [3.8, 4) is 0 Å². The van der Waals surface area contributed by atoms with Crippen molar-refractivity contribution in [3.05, 3.63) is 47.1 Å². The largest absolute Gasteiger partial charge is 0.315 e. The van der Waals surface area contributed by atoms with Gasteiger partial charge in [-0.2, -0.15) is 0 Å². The number of benzene rings is 1. The molecule has 0 aliphatic carbocycles. The van der Waals surface area contributed by atoms with Crippen LogP contribution in [0, 0.1) is 0 Å². The van der Waals surface area contributed by atoms with E-state index in [0.717, 1.165) is 48.8 Å². The third kappa shape index (κ3) is 4.30. The molecule has 29 heavy (non-hydrogen) atoms. The van der Waals surface area contributed by atoms with Gasteiger partial charge in [0.15, 0.2) is 0 Å². The first kappa shape index (κ1) is 20.3. The number of carbonyl (C=O) groups excluding carboxylic acids is 1. The zero-order valence-electron chi connectivity index (χ0n) is 16.7. The minimum Gasteiger partial charge on any atom is -0.315 e. The predicted molar refractivity (Wildman–Crippen MR) is 121 cm³/mol. The van der Waals surface area contributed by atoms with E-state index in [1.54, 1.807) is 12.3 Å². The molecule has 0 saturated carbocycles. The van der Waals surface area contributed by atoms with Crippen molar-refractivity contribution in [2.45, 2.75) is 25.3 Å². The predicted octanol–water partition coefficient (Wildman–Crippen LogP) is 4.02. The third-order valence-corrected chi connectivity index (χ3v) is 6.70. The van der Waals surface area contributed by atoms with Gasteiger partial charge in [0.2, 0.25) is 5.95 Å². The van der Waals surface area contributed by atoms with Crippen LogP contribution in [0.1, 0.15) is 35.7 Å². The maximum atomic E-state index is 13.0. The molecule has 0 radical (unpaired) electrons. The number of hydrogen-bond acceptors (Lipinski definition) is 4. The Bertz CT molecular complexity index is 1030. The number of carbonyl (C=O) groups is 1. The highest BCUT2D eigenvalue weighted by Crippen LogP contribution is 2.32. The zero-order valence-corrected chi connectivity index (χ0v) is 18.3. The molecule has 6 nitrogen and oxygen atoms in total. The number of nitrogens with zero attached hydrogens (tertiary/aromatic N) is 3. The monoisotopic (exact) mass is 429 g/mol. The minimum absolute atomic E-state index is 0.181. The second-order valence-corrected chi connectivity index (χ2v) is 10.2. The SMILES string of the molecule is CP(C)c1cc(C(=O)Nc2nc3cccc(Cl)c3n2C2CCCCNC2)ccn1. The van der Waals surface area contributed by atoms with Gasteiger partial charge in [0.05, 0.1) is 21.5 Å². The quantitative estimate of drug-likeness (QED) is 0.614. The smallest absolute Gasteiger partial charge is 0.258 e. The molecule has 1 aliphatic rings. The Balaban J connectivity index is 1.73. The van der Waals surface area contributed by atoms with Crippen molar-refractivity contribution in [2.24, 2.45) is 0 Å². The van der Waals surface area contributed by atoms with Crippen molar-refractivity contribution >= 4 is 47.8 Å². The van der Waals surface area contributed by atoms with E-state index in [9.17, 15) is 4.79 Å². The number of halogens is 1. The molecule has 3 aromatic rings. The average molecular weight is 430 g/mol. The summed E-state index contributed by atoms with van der Waals surface area (Å²) >= 11 is 6.54. The van der Waals surface area contributed by atoms with E-state index in [-0.39, 0.29) is 19.9 Å². The van der Waals surface area contributed by atoms with Crippen LogP contribution in [-0.4, -0.2) is 46.9 Å². The van der Waals surface area contributed by atoms with Gasteiger partial charge < -0.3 is 9.88 Å². The molecule has 152 valence electrons. The fraction of sp³-hybridized carbons (Fsp3) is 0.381. The summed E-state index contributed by atoms with van der Waals surface area (Å²) in [6, 6.07) is 9.49. The number of hydrogen-bond donors (Lipinski definition) is 2. The van der Waals surface area contributed by atoms with Crippen LogP contribution in [0.4, 0.5) is 5.95 Å². The molecule has 0 bridgehead atoms. The number of amides is 1. The summed E-state index contributed by atoms with van der Waals surface area (Å²) in [6.45, 7) is 6.09. The van der Waals surface area contributed by atoms with E-state index in [2.05, 4.69) is 33.5 Å². The van der Waals surface area contributed by atoms with Crippen molar-refractivity contribution in [1.29, 1.82) is 0 Å². The molecule has 2 N–H and O–H groups in total. The summed E-state index contributed by atoms with van der Waals surface area (Å²) in [5.74, 6) is 0.361. The highest BCUT2D eigenvalue weighted by atomic mass is 35.5. The van der Waals surface area contributed by atoms with Crippen molar-refractivity contribution in [2.75, 3.05) is 31.7 Å². The Labute approximate surface area is 176 Å². The number of anilines is 1. The molecule has 1 fully saturated rings. The van der Waals surface area contributed by atoms with Gasteiger partial charge in [-0.1, -0.05) is 32.0 Å². The Morgan fingerprint density at radius 2 is 2.17 bits per heavy atom. The van der Waals surface area contributed by atoms with Gasteiger partial charge in [0, 0.05) is 24.3 Å². The van der Waals surface area contributed by atoms with Crippen LogP contribution < -0.4 is 16.1 Å². The van der Waals surface area contributed by atoms with E-state index >= 15 is 0 Å². The van der Waals surface area contributed by atoms with Crippen LogP contribution in [0.15, 0.2) is 36.5 Å². The number of pyridine rings is 1. The van der Waals surface area contributed by atoms with E-state index in [4.69, 9.17) is 16.6 Å².